The summed E-state index contributed by atoms with van der Waals surface area (Å²) in [5, 5.41) is 3.67. The van der Waals surface area contributed by atoms with Gasteiger partial charge in [0.05, 0.1) is 7.11 Å². The number of piperidine rings is 1. The van der Waals surface area contributed by atoms with Crippen molar-refractivity contribution < 1.29 is 9.53 Å². The van der Waals surface area contributed by atoms with Gasteiger partial charge in [0, 0.05) is 19.1 Å². The van der Waals surface area contributed by atoms with Crippen molar-refractivity contribution in [2.24, 2.45) is 17.8 Å². The first-order valence-electron chi connectivity index (χ1n) is 8.63. The highest BCUT2D eigenvalue weighted by Gasteiger charge is 2.54. The third kappa shape index (κ3) is 3.26. The number of nitrogens with zero attached hydrogens (tertiary/aromatic N) is 1. The number of methoxy groups -OCH3 is 1. The number of ether oxygens (including phenoxy) is 1. The molecule has 1 saturated heterocycles. The van der Waals surface area contributed by atoms with Gasteiger partial charge in [-0.1, -0.05) is 13.8 Å². The maximum Gasteiger partial charge on any atom is 0.327 e. The van der Waals surface area contributed by atoms with Gasteiger partial charge < -0.3 is 9.64 Å². The molecular formula is C17H30N2O2. The first kappa shape index (κ1) is 15.3. The Morgan fingerprint density at radius 2 is 1.90 bits per heavy atom. The van der Waals surface area contributed by atoms with Gasteiger partial charge in [0.25, 0.3) is 0 Å². The molecule has 21 heavy (non-hydrogen) atoms. The van der Waals surface area contributed by atoms with E-state index in [2.05, 4.69) is 24.1 Å². The van der Waals surface area contributed by atoms with Crippen molar-refractivity contribution in [2.45, 2.75) is 57.5 Å². The van der Waals surface area contributed by atoms with Gasteiger partial charge in [-0.05, 0) is 56.4 Å². The normalized spacial score (nSPS) is 33.5. The van der Waals surface area contributed by atoms with Crippen LogP contribution in [-0.4, -0.2) is 49.2 Å². The summed E-state index contributed by atoms with van der Waals surface area (Å²) in [6.07, 6.45) is 5.98. The Bertz CT molecular complexity index is 392. The van der Waals surface area contributed by atoms with Crippen molar-refractivity contribution in [3.8, 4) is 0 Å². The summed E-state index contributed by atoms with van der Waals surface area (Å²) < 4.78 is 5.21. The Morgan fingerprint density at radius 1 is 1.19 bits per heavy atom. The lowest BCUT2D eigenvalue weighted by Crippen LogP contribution is -2.63. The highest BCUT2D eigenvalue weighted by atomic mass is 16.5. The Hall–Kier alpha value is -0.610. The number of hydrogen-bond acceptors (Lipinski definition) is 4. The zero-order valence-electron chi connectivity index (χ0n) is 13.7. The molecule has 0 aromatic rings. The number of carbonyl (C=O) groups excluding carboxylic acids is 1. The molecule has 4 nitrogen and oxygen atoms in total. The summed E-state index contributed by atoms with van der Waals surface area (Å²) in [6.45, 7) is 7.74. The standard InChI is InChI=1S/C17H30N2O2/c1-12-8-9-19(10-13(12)2)11-17(14-4-5-14,16(20)21-3)18-15-6-7-15/h12-15,18H,4-11H2,1-3H3. The fourth-order valence-corrected chi connectivity index (χ4v) is 3.78. The van der Waals surface area contributed by atoms with Gasteiger partial charge in [0.2, 0.25) is 0 Å². The first-order valence-corrected chi connectivity index (χ1v) is 8.63. The van der Waals surface area contributed by atoms with Gasteiger partial charge in [-0.25, -0.2) is 4.79 Å². The van der Waals surface area contributed by atoms with Gasteiger partial charge in [-0.2, -0.15) is 0 Å². The molecule has 4 heteroatoms. The van der Waals surface area contributed by atoms with E-state index in [0.717, 1.165) is 38.4 Å². The molecule has 0 bridgehead atoms. The molecule has 1 heterocycles. The average molecular weight is 294 g/mol. The lowest BCUT2D eigenvalue weighted by molar-refractivity contribution is -0.151. The van der Waals surface area contributed by atoms with Crippen LogP contribution in [0.2, 0.25) is 0 Å². The summed E-state index contributed by atoms with van der Waals surface area (Å²) in [4.78, 5) is 15.1. The minimum Gasteiger partial charge on any atom is -0.468 e. The molecule has 1 N–H and O–H groups in total. The van der Waals surface area contributed by atoms with Crippen LogP contribution in [0.3, 0.4) is 0 Å². The monoisotopic (exact) mass is 294 g/mol. The molecule has 0 aromatic heterocycles. The Morgan fingerprint density at radius 3 is 2.43 bits per heavy atom. The van der Waals surface area contributed by atoms with Crippen molar-refractivity contribution >= 4 is 5.97 Å². The minimum absolute atomic E-state index is 0.0387. The summed E-state index contributed by atoms with van der Waals surface area (Å²) in [7, 11) is 1.54. The number of carbonyl (C=O) groups is 1. The molecule has 120 valence electrons. The van der Waals surface area contributed by atoms with Crippen LogP contribution in [0.4, 0.5) is 0 Å². The lowest BCUT2D eigenvalue weighted by Gasteiger charge is -2.42. The van der Waals surface area contributed by atoms with Crippen molar-refractivity contribution in [1.29, 1.82) is 0 Å². The molecule has 3 aliphatic rings. The van der Waals surface area contributed by atoms with Crippen LogP contribution in [0.15, 0.2) is 0 Å². The predicted molar refractivity (Wildman–Crippen MR) is 83.0 cm³/mol. The largest absolute Gasteiger partial charge is 0.468 e. The smallest absolute Gasteiger partial charge is 0.327 e. The van der Waals surface area contributed by atoms with Crippen molar-refractivity contribution in [3.63, 3.8) is 0 Å². The predicted octanol–water partition coefficient (Wildman–Crippen LogP) is 2.04. The topological polar surface area (TPSA) is 41.6 Å². The summed E-state index contributed by atoms with van der Waals surface area (Å²) >= 11 is 0. The van der Waals surface area contributed by atoms with Crippen LogP contribution in [0.5, 0.6) is 0 Å². The molecule has 0 spiro atoms. The summed E-state index contributed by atoms with van der Waals surface area (Å²) in [6, 6.07) is 0.533. The van der Waals surface area contributed by atoms with Crippen molar-refractivity contribution in [1.82, 2.24) is 10.2 Å². The van der Waals surface area contributed by atoms with E-state index in [-0.39, 0.29) is 5.97 Å². The van der Waals surface area contributed by atoms with Gasteiger partial charge in [0.15, 0.2) is 0 Å². The molecule has 0 amide bonds. The van der Waals surface area contributed by atoms with Crippen LogP contribution in [0, 0.1) is 17.8 Å². The molecule has 0 aromatic carbocycles. The van der Waals surface area contributed by atoms with E-state index in [0.29, 0.717) is 17.9 Å². The number of hydrogen-bond donors (Lipinski definition) is 1. The minimum atomic E-state index is -0.448. The lowest BCUT2D eigenvalue weighted by atomic mass is 9.86. The quantitative estimate of drug-likeness (QED) is 0.761. The van der Waals surface area contributed by atoms with Gasteiger partial charge in [-0.3, -0.25) is 5.32 Å². The third-order valence-corrected chi connectivity index (χ3v) is 5.75. The Labute approximate surface area is 128 Å². The Balaban J connectivity index is 1.73. The summed E-state index contributed by atoms with van der Waals surface area (Å²) in [5.74, 6) is 1.95. The maximum absolute atomic E-state index is 12.6. The molecule has 0 radical (unpaired) electrons. The second kappa shape index (κ2) is 5.88. The molecule has 2 aliphatic carbocycles. The van der Waals surface area contributed by atoms with Gasteiger partial charge in [-0.15, -0.1) is 0 Å². The fraction of sp³-hybridized carbons (Fsp3) is 0.941. The number of rotatable bonds is 6. The van der Waals surface area contributed by atoms with Crippen LogP contribution in [0.25, 0.3) is 0 Å². The zero-order valence-corrected chi connectivity index (χ0v) is 13.7. The SMILES string of the molecule is COC(=O)C(CN1CCC(C)C(C)C1)(NC1CC1)C1CC1. The molecule has 2 saturated carbocycles. The molecule has 3 unspecified atom stereocenters. The molecular weight excluding hydrogens is 264 g/mol. The average Bonchev–Trinajstić information content (AvgIpc) is 3.33. The van der Waals surface area contributed by atoms with Crippen LogP contribution in [0.1, 0.15) is 46.0 Å². The first-order chi connectivity index (χ1) is 10.0. The van der Waals surface area contributed by atoms with Gasteiger partial charge >= 0.3 is 5.97 Å². The van der Waals surface area contributed by atoms with Crippen molar-refractivity contribution in [2.75, 3.05) is 26.7 Å². The second-order valence-corrected chi connectivity index (χ2v) is 7.63. The van der Waals surface area contributed by atoms with Crippen LogP contribution in [-0.2, 0) is 9.53 Å². The van der Waals surface area contributed by atoms with E-state index in [1.165, 1.54) is 26.4 Å². The summed E-state index contributed by atoms with van der Waals surface area (Å²) in [5.41, 5.74) is -0.448. The highest BCUT2D eigenvalue weighted by Crippen LogP contribution is 2.43. The molecule has 3 fully saturated rings. The van der Waals surface area contributed by atoms with Gasteiger partial charge in [0.1, 0.15) is 5.54 Å². The van der Waals surface area contributed by atoms with Crippen molar-refractivity contribution in [3.05, 3.63) is 0 Å². The third-order valence-electron chi connectivity index (χ3n) is 5.75. The molecule has 3 rings (SSSR count). The fourth-order valence-electron chi connectivity index (χ4n) is 3.78. The Kier molecular flexibility index (Phi) is 4.28. The number of nitrogens with one attached hydrogen (secondary N) is 1. The van der Waals surface area contributed by atoms with E-state index >= 15 is 0 Å². The highest BCUT2D eigenvalue weighted by molar-refractivity contribution is 5.82. The van der Waals surface area contributed by atoms with E-state index in [4.69, 9.17) is 4.74 Å². The number of esters is 1. The van der Waals surface area contributed by atoms with Crippen LogP contribution >= 0.6 is 0 Å². The second-order valence-electron chi connectivity index (χ2n) is 7.63. The van der Waals surface area contributed by atoms with E-state index < -0.39 is 5.54 Å². The van der Waals surface area contributed by atoms with E-state index in [1.54, 1.807) is 0 Å². The molecule has 3 atom stereocenters. The zero-order chi connectivity index (χ0) is 15.0. The van der Waals surface area contributed by atoms with E-state index in [1.807, 2.05) is 0 Å². The molecule has 1 aliphatic heterocycles. The van der Waals surface area contributed by atoms with E-state index in [9.17, 15) is 4.79 Å². The number of likely N-dealkylation sites (tertiary alicyclic amines) is 1. The maximum atomic E-state index is 12.6. The van der Waals surface area contributed by atoms with Crippen LogP contribution < -0.4 is 5.32 Å².